The number of thiophene rings is 1. The zero-order chi connectivity index (χ0) is 12.8. The van der Waals surface area contributed by atoms with Gasteiger partial charge < -0.3 is 14.7 Å². The number of nitrogens with zero attached hydrogens (tertiary/aromatic N) is 2. The van der Waals surface area contributed by atoms with Crippen LogP contribution < -0.4 is 0 Å². The molecule has 1 fully saturated rings. The number of nitriles is 1. The van der Waals surface area contributed by atoms with Crippen LogP contribution in [0.15, 0.2) is 6.07 Å². The minimum atomic E-state index is -0.771. The monoisotopic (exact) mass is 260 g/mol. The summed E-state index contributed by atoms with van der Waals surface area (Å²) >= 11 is 1.46. The highest BCUT2D eigenvalue weighted by Gasteiger charge is 2.43. The van der Waals surface area contributed by atoms with Crippen LogP contribution in [0.1, 0.15) is 28.2 Å². The molecule has 4 nitrogen and oxygen atoms in total. The van der Waals surface area contributed by atoms with Gasteiger partial charge >= 0.3 is 0 Å². The molecule has 1 aromatic rings. The lowest BCUT2D eigenvalue weighted by molar-refractivity contribution is -0.211. The highest BCUT2D eigenvalue weighted by atomic mass is 32.1. The molecule has 1 spiro atoms. The van der Waals surface area contributed by atoms with Crippen molar-refractivity contribution in [2.45, 2.75) is 31.2 Å². The number of ether oxygens (including phenoxy) is 1. The highest BCUT2D eigenvalue weighted by molar-refractivity contribution is 7.12. The van der Waals surface area contributed by atoms with Crippen LogP contribution in [0.25, 0.3) is 0 Å². The van der Waals surface area contributed by atoms with Crippen molar-refractivity contribution in [1.29, 1.82) is 5.26 Å². The van der Waals surface area contributed by atoms with Crippen LogP contribution in [-0.2, 0) is 16.8 Å². The average Bonchev–Trinajstić information content (AvgIpc) is 2.76. The molecule has 0 aromatic carbocycles. The standard InChI is InChI=1S/C12H13BN2O2S/c13-15-3-1-12(2-4-15)9-5-8(7-14)18-10(9)6-11(16)17-12/h5,11,16H,1-4,6H2. The number of piperidine rings is 1. The molecule has 3 heterocycles. The largest absolute Gasteiger partial charge is 0.368 e. The molecule has 1 unspecified atom stereocenters. The third-order valence-corrected chi connectivity index (χ3v) is 4.80. The second kappa shape index (κ2) is 4.35. The van der Waals surface area contributed by atoms with Gasteiger partial charge in [-0.2, -0.15) is 5.26 Å². The van der Waals surface area contributed by atoms with E-state index in [1.54, 1.807) is 4.81 Å². The van der Waals surface area contributed by atoms with Crippen molar-refractivity contribution in [3.63, 3.8) is 0 Å². The molecule has 1 N–H and O–H groups in total. The van der Waals surface area contributed by atoms with Crippen molar-refractivity contribution in [1.82, 2.24) is 4.81 Å². The van der Waals surface area contributed by atoms with E-state index in [0.717, 1.165) is 36.4 Å². The summed E-state index contributed by atoms with van der Waals surface area (Å²) in [5, 5.41) is 18.9. The van der Waals surface area contributed by atoms with Crippen LogP contribution in [0.5, 0.6) is 0 Å². The number of hydrogen-bond donors (Lipinski definition) is 1. The molecule has 1 atom stereocenters. The maximum atomic E-state index is 9.88. The number of aliphatic hydroxyl groups is 1. The summed E-state index contributed by atoms with van der Waals surface area (Å²) in [5.74, 6) is 0. The second-order valence-electron chi connectivity index (χ2n) is 4.87. The summed E-state index contributed by atoms with van der Waals surface area (Å²) in [4.78, 5) is 3.54. The van der Waals surface area contributed by atoms with E-state index in [0.29, 0.717) is 11.3 Å². The molecule has 0 aliphatic carbocycles. The van der Waals surface area contributed by atoms with Gasteiger partial charge in [-0.3, -0.25) is 0 Å². The van der Waals surface area contributed by atoms with Crippen LogP contribution in [0.4, 0.5) is 0 Å². The highest BCUT2D eigenvalue weighted by Crippen LogP contribution is 2.45. The predicted octanol–water partition coefficient (Wildman–Crippen LogP) is 0.885. The minimum Gasteiger partial charge on any atom is -0.368 e. The van der Waals surface area contributed by atoms with Crippen LogP contribution >= 0.6 is 11.3 Å². The van der Waals surface area contributed by atoms with Crippen LogP contribution in [0.2, 0.25) is 0 Å². The maximum absolute atomic E-state index is 9.88. The fourth-order valence-electron chi connectivity index (χ4n) is 2.82. The Morgan fingerprint density at radius 3 is 2.94 bits per heavy atom. The minimum absolute atomic E-state index is 0.450. The number of fused-ring (bicyclic) bond motifs is 2. The normalized spacial score (nSPS) is 26.8. The lowest BCUT2D eigenvalue weighted by Gasteiger charge is -2.44. The van der Waals surface area contributed by atoms with Crippen molar-refractivity contribution in [2.24, 2.45) is 0 Å². The van der Waals surface area contributed by atoms with E-state index < -0.39 is 11.9 Å². The zero-order valence-corrected chi connectivity index (χ0v) is 10.7. The summed E-state index contributed by atoms with van der Waals surface area (Å²) in [5.41, 5.74) is 0.636. The predicted molar refractivity (Wildman–Crippen MR) is 68.1 cm³/mol. The second-order valence-corrected chi connectivity index (χ2v) is 6.00. The van der Waals surface area contributed by atoms with Crippen molar-refractivity contribution in [2.75, 3.05) is 13.1 Å². The van der Waals surface area contributed by atoms with Crippen molar-refractivity contribution in [3.05, 3.63) is 21.4 Å². The lowest BCUT2D eigenvalue weighted by atomic mass is 9.81. The summed E-state index contributed by atoms with van der Waals surface area (Å²) in [6, 6.07) is 4.09. The number of aliphatic hydroxyl groups excluding tert-OH is 1. The first-order valence-electron chi connectivity index (χ1n) is 6.02. The van der Waals surface area contributed by atoms with Crippen LogP contribution in [0, 0.1) is 11.3 Å². The van der Waals surface area contributed by atoms with Crippen molar-refractivity contribution >= 4 is 19.3 Å². The molecule has 2 aliphatic heterocycles. The summed E-state index contributed by atoms with van der Waals surface area (Å²) in [6.45, 7) is 1.48. The molecular weight excluding hydrogens is 247 g/mol. The molecule has 2 aliphatic rings. The summed E-state index contributed by atoms with van der Waals surface area (Å²) < 4.78 is 5.82. The summed E-state index contributed by atoms with van der Waals surface area (Å²) in [6.07, 6.45) is 1.23. The smallest absolute Gasteiger partial charge is 0.182 e. The van der Waals surface area contributed by atoms with E-state index >= 15 is 0 Å². The molecule has 1 saturated heterocycles. The van der Waals surface area contributed by atoms with Gasteiger partial charge in [-0.1, -0.05) is 0 Å². The lowest BCUT2D eigenvalue weighted by Crippen LogP contribution is -2.47. The number of rotatable bonds is 0. The van der Waals surface area contributed by atoms with E-state index in [2.05, 4.69) is 6.07 Å². The SMILES string of the molecule is [B]N1CCC2(CC1)OC(O)Cc1sc(C#N)cc12. The van der Waals surface area contributed by atoms with E-state index in [4.69, 9.17) is 18.0 Å². The first kappa shape index (κ1) is 12.2. The molecule has 0 bridgehead atoms. The first-order chi connectivity index (χ1) is 8.63. The number of hydrogen-bond acceptors (Lipinski definition) is 5. The Labute approximate surface area is 111 Å². The average molecular weight is 260 g/mol. The van der Waals surface area contributed by atoms with Crippen LogP contribution in [0.3, 0.4) is 0 Å². The fourth-order valence-corrected chi connectivity index (χ4v) is 3.89. The third kappa shape index (κ3) is 1.88. The van der Waals surface area contributed by atoms with Crippen molar-refractivity contribution in [3.8, 4) is 6.07 Å². The van der Waals surface area contributed by atoms with E-state index in [-0.39, 0.29) is 0 Å². The molecule has 18 heavy (non-hydrogen) atoms. The van der Waals surface area contributed by atoms with Gasteiger partial charge in [0, 0.05) is 11.3 Å². The Kier molecular flexibility index (Phi) is 2.95. The third-order valence-electron chi connectivity index (χ3n) is 3.74. The molecule has 6 heteroatoms. The Bertz CT molecular complexity index is 503. The molecule has 0 saturated carbocycles. The molecule has 92 valence electrons. The van der Waals surface area contributed by atoms with Gasteiger partial charge in [0.1, 0.15) is 10.9 Å². The van der Waals surface area contributed by atoms with E-state index in [1.807, 2.05) is 6.07 Å². The topological polar surface area (TPSA) is 56.5 Å². The van der Waals surface area contributed by atoms with Crippen LogP contribution in [-0.4, -0.2) is 37.3 Å². The van der Waals surface area contributed by atoms with E-state index in [9.17, 15) is 5.11 Å². The van der Waals surface area contributed by atoms with E-state index in [1.165, 1.54) is 11.3 Å². The summed E-state index contributed by atoms with van der Waals surface area (Å²) in [7, 11) is 5.78. The Hall–Kier alpha value is -0.865. The van der Waals surface area contributed by atoms with Gasteiger partial charge in [-0.15, -0.1) is 11.3 Å². The van der Waals surface area contributed by atoms with Gasteiger partial charge in [-0.25, -0.2) is 0 Å². The van der Waals surface area contributed by atoms with Gasteiger partial charge in [0.25, 0.3) is 0 Å². The Morgan fingerprint density at radius 2 is 2.28 bits per heavy atom. The molecule has 1 aromatic heterocycles. The first-order valence-corrected chi connectivity index (χ1v) is 6.83. The molecule has 2 radical (unpaired) electrons. The maximum Gasteiger partial charge on any atom is 0.182 e. The molecule has 3 rings (SSSR count). The fraction of sp³-hybridized carbons (Fsp3) is 0.583. The van der Waals surface area contributed by atoms with Gasteiger partial charge in [0.2, 0.25) is 0 Å². The van der Waals surface area contributed by atoms with Gasteiger partial charge in [0.15, 0.2) is 14.3 Å². The molecule has 0 amide bonds. The quantitative estimate of drug-likeness (QED) is 0.704. The Morgan fingerprint density at radius 1 is 1.56 bits per heavy atom. The van der Waals surface area contributed by atoms with Crippen molar-refractivity contribution < 1.29 is 9.84 Å². The molecular formula is C12H13BN2O2S. The van der Waals surface area contributed by atoms with Gasteiger partial charge in [-0.05, 0) is 37.6 Å². The zero-order valence-electron chi connectivity index (χ0n) is 9.93. The van der Waals surface area contributed by atoms with Gasteiger partial charge in [0.05, 0.1) is 5.60 Å². The Balaban J connectivity index is 2.01.